The van der Waals surface area contributed by atoms with E-state index in [1.54, 1.807) is 0 Å². The van der Waals surface area contributed by atoms with Crippen LogP contribution in [0.15, 0.2) is 36.5 Å². The molecule has 1 aliphatic heterocycles. The second-order valence-corrected chi connectivity index (χ2v) is 8.19. The number of likely N-dealkylation sites (N-methyl/N-ethyl adjacent to an activating group) is 1. The number of methoxy groups -OCH3 is 1. The minimum atomic E-state index is -0.629. The Morgan fingerprint density at radius 1 is 1.43 bits per heavy atom. The lowest BCUT2D eigenvalue weighted by atomic mass is 9.95. The first kappa shape index (κ1) is 20.5. The molecule has 8 nitrogen and oxygen atoms in total. The molecule has 1 saturated carbocycles. The van der Waals surface area contributed by atoms with Crippen LogP contribution in [-0.4, -0.2) is 72.3 Å². The molecule has 2 aliphatic rings. The Balaban J connectivity index is 1.62. The standard InChI is InChI=1S/C21H26FN5O3/c1-26(11-17(23)29)9-14-18(13-6-4-3-5-7-13)21(14)12-27(10-16(21)28)20-24-8-15(22)19(25-20)30-2/h3-8,14,16,18,28H,9-12H2,1-2H3,(H2,23,29)/t14-,16-,18-,21-/m1/s1. The number of rotatable bonds is 7. The first-order valence-corrected chi connectivity index (χ1v) is 9.88. The SMILES string of the molecule is COc1nc(N2C[C@@H](O)[C@@]3(C2)[C@H](CN(C)CC(N)=O)[C@H]3c2ccccc2)ncc1F. The Hall–Kier alpha value is -2.78. The summed E-state index contributed by atoms with van der Waals surface area (Å²) in [6.45, 7) is 1.65. The van der Waals surface area contributed by atoms with Gasteiger partial charge in [0.15, 0.2) is 0 Å². The molecule has 1 amide bonds. The van der Waals surface area contributed by atoms with Gasteiger partial charge in [0.05, 0.1) is 26.0 Å². The largest absolute Gasteiger partial charge is 0.479 e. The van der Waals surface area contributed by atoms with Crippen molar-refractivity contribution >= 4 is 11.9 Å². The normalized spacial score (nSPS) is 27.6. The van der Waals surface area contributed by atoms with Gasteiger partial charge in [-0.15, -0.1) is 0 Å². The zero-order chi connectivity index (χ0) is 21.5. The maximum atomic E-state index is 13.7. The monoisotopic (exact) mass is 415 g/mol. The van der Waals surface area contributed by atoms with Crippen molar-refractivity contribution in [2.24, 2.45) is 17.1 Å². The average molecular weight is 415 g/mol. The van der Waals surface area contributed by atoms with Gasteiger partial charge in [-0.3, -0.25) is 9.69 Å². The number of hydrogen-bond donors (Lipinski definition) is 2. The summed E-state index contributed by atoms with van der Waals surface area (Å²) in [5, 5.41) is 11.1. The minimum Gasteiger partial charge on any atom is -0.479 e. The molecule has 3 N–H and O–H groups in total. The number of aliphatic hydroxyl groups excluding tert-OH is 1. The second kappa shape index (κ2) is 7.81. The van der Waals surface area contributed by atoms with Gasteiger partial charge in [0.25, 0.3) is 5.88 Å². The zero-order valence-corrected chi connectivity index (χ0v) is 17.0. The summed E-state index contributed by atoms with van der Waals surface area (Å²) < 4.78 is 18.7. The summed E-state index contributed by atoms with van der Waals surface area (Å²) in [4.78, 5) is 23.3. The summed E-state index contributed by atoms with van der Waals surface area (Å²) in [6.07, 6.45) is 0.465. The smallest absolute Gasteiger partial charge is 0.255 e. The molecule has 9 heteroatoms. The Bertz CT molecular complexity index is 930. The summed E-state index contributed by atoms with van der Waals surface area (Å²) in [7, 11) is 3.21. The Morgan fingerprint density at radius 2 is 2.17 bits per heavy atom. The van der Waals surface area contributed by atoms with Crippen molar-refractivity contribution in [3.8, 4) is 5.88 Å². The predicted octanol–water partition coefficient (Wildman–Crippen LogP) is 0.622. The van der Waals surface area contributed by atoms with Gasteiger partial charge < -0.3 is 20.5 Å². The molecule has 1 aromatic carbocycles. The molecule has 30 heavy (non-hydrogen) atoms. The molecule has 1 aromatic heterocycles. The maximum Gasteiger partial charge on any atom is 0.255 e. The first-order valence-electron chi connectivity index (χ1n) is 9.88. The van der Waals surface area contributed by atoms with Crippen LogP contribution in [0.3, 0.4) is 0 Å². The Morgan fingerprint density at radius 3 is 2.83 bits per heavy atom. The van der Waals surface area contributed by atoms with Gasteiger partial charge in [0, 0.05) is 25.0 Å². The number of nitrogens with zero attached hydrogens (tertiary/aromatic N) is 4. The number of aliphatic hydroxyl groups is 1. The Kier molecular flexibility index (Phi) is 5.33. The van der Waals surface area contributed by atoms with Gasteiger partial charge in [0.2, 0.25) is 17.7 Å². The number of hydrogen-bond acceptors (Lipinski definition) is 7. The molecule has 160 valence electrons. The van der Waals surface area contributed by atoms with Crippen LogP contribution in [0.5, 0.6) is 5.88 Å². The lowest BCUT2D eigenvalue weighted by molar-refractivity contribution is -0.118. The molecule has 0 radical (unpaired) electrons. The van der Waals surface area contributed by atoms with Gasteiger partial charge in [-0.05, 0) is 24.4 Å². The minimum absolute atomic E-state index is 0.122. The van der Waals surface area contributed by atoms with E-state index in [1.165, 1.54) is 7.11 Å². The molecule has 2 fully saturated rings. The van der Waals surface area contributed by atoms with Crippen LogP contribution in [0.25, 0.3) is 0 Å². The number of halogens is 1. The van der Waals surface area contributed by atoms with Crippen molar-refractivity contribution < 1.29 is 19.0 Å². The number of ether oxygens (including phenoxy) is 1. The van der Waals surface area contributed by atoms with Gasteiger partial charge in [-0.25, -0.2) is 4.98 Å². The topological polar surface area (TPSA) is 105 Å². The van der Waals surface area contributed by atoms with E-state index in [0.29, 0.717) is 25.6 Å². The molecule has 1 spiro atoms. The number of carbonyl (C=O) groups excluding carboxylic acids is 1. The first-order chi connectivity index (χ1) is 14.4. The molecule has 0 bridgehead atoms. The lowest BCUT2D eigenvalue weighted by Gasteiger charge is -2.19. The number of aromatic nitrogens is 2. The molecular formula is C21H26FN5O3. The van der Waals surface area contributed by atoms with Crippen LogP contribution in [0.4, 0.5) is 10.3 Å². The predicted molar refractivity (Wildman–Crippen MR) is 109 cm³/mol. The number of primary amides is 1. The van der Waals surface area contributed by atoms with Crippen LogP contribution >= 0.6 is 0 Å². The number of nitrogens with two attached hydrogens (primary N) is 1. The molecule has 4 atom stereocenters. The number of β-amino-alcohol motifs (C(OH)–C–C–N with tert-alkyl or cyclic N) is 1. The van der Waals surface area contributed by atoms with E-state index in [9.17, 15) is 14.3 Å². The molecule has 2 aromatic rings. The third-order valence-corrected chi connectivity index (χ3v) is 6.31. The molecule has 4 rings (SSSR count). The van der Waals surface area contributed by atoms with E-state index in [2.05, 4.69) is 22.1 Å². The van der Waals surface area contributed by atoms with Crippen molar-refractivity contribution in [2.45, 2.75) is 12.0 Å². The summed E-state index contributed by atoms with van der Waals surface area (Å²) in [5.41, 5.74) is 6.09. The fourth-order valence-corrected chi connectivity index (χ4v) is 5.03. The van der Waals surface area contributed by atoms with Gasteiger partial charge >= 0.3 is 0 Å². The van der Waals surface area contributed by atoms with Crippen LogP contribution in [0.1, 0.15) is 11.5 Å². The lowest BCUT2D eigenvalue weighted by Crippen LogP contribution is -2.34. The van der Waals surface area contributed by atoms with E-state index in [1.807, 2.05) is 35.0 Å². The average Bonchev–Trinajstić information content (AvgIpc) is 3.20. The second-order valence-electron chi connectivity index (χ2n) is 8.19. The summed E-state index contributed by atoms with van der Waals surface area (Å²) >= 11 is 0. The number of carbonyl (C=O) groups is 1. The van der Waals surface area contributed by atoms with Crippen LogP contribution in [-0.2, 0) is 4.79 Å². The highest BCUT2D eigenvalue weighted by Crippen LogP contribution is 2.69. The van der Waals surface area contributed by atoms with Gasteiger partial charge in [-0.2, -0.15) is 9.37 Å². The molecule has 0 unspecified atom stereocenters. The summed E-state index contributed by atoms with van der Waals surface area (Å²) in [6, 6.07) is 10.1. The fraction of sp³-hybridized carbons (Fsp3) is 0.476. The van der Waals surface area contributed by atoms with E-state index in [0.717, 1.165) is 11.8 Å². The van der Waals surface area contributed by atoms with E-state index < -0.39 is 17.3 Å². The van der Waals surface area contributed by atoms with Gasteiger partial charge in [0.1, 0.15) is 0 Å². The molecule has 2 heterocycles. The van der Waals surface area contributed by atoms with Crippen molar-refractivity contribution in [2.75, 3.05) is 45.2 Å². The molecular weight excluding hydrogens is 389 g/mol. The molecule has 1 aliphatic carbocycles. The Labute approximate surface area is 174 Å². The summed E-state index contributed by atoms with van der Waals surface area (Å²) in [5.74, 6) is -0.558. The van der Waals surface area contributed by atoms with E-state index in [4.69, 9.17) is 10.5 Å². The number of benzene rings is 1. The third kappa shape index (κ3) is 3.48. The van der Waals surface area contributed by atoms with Crippen molar-refractivity contribution in [1.82, 2.24) is 14.9 Å². The molecule has 1 saturated heterocycles. The zero-order valence-electron chi connectivity index (χ0n) is 17.0. The van der Waals surface area contributed by atoms with Crippen LogP contribution < -0.4 is 15.4 Å². The van der Waals surface area contributed by atoms with Crippen LogP contribution in [0.2, 0.25) is 0 Å². The maximum absolute atomic E-state index is 13.7. The third-order valence-electron chi connectivity index (χ3n) is 6.31. The van der Waals surface area contributed by atoms with Crippen LogP contribution in [0, 0.1) is 17.2 Å². The van der Waals surface area contributed by atoms with E-state index >= 15 is 0 Å². The highest BCUT2D eigenvalue weighted by atomic mass is 19.1. The quantitative estimate of drug-likeness (QED) is 0.683. The van der Waals surface area contributed by atoms with Crippen molar-refractivity contribution in [3.05, 3.63) is 47.9 Å². The van der Waals surface area contributed by atoms with Crippen molar-refractivity contribution in [1.29, 1.82) is 0 Å². The fourth-order valence-electron chi connectivity index (χ4n) is 5.03. The van der Waals surface area contributed by atoms with Gasteiger partial charge in [-0.1, -0.05) is 30.3 Å². The highest BCUT2D eigenvalue weighted by molar-refractivity contribution is 5.75. The van der Waals surface area contributed by atoms with Crippen molar-refractivity contribution in [3.63, 3.8) is 0 Å². The number of amides is 1. The van der Waals surface area contributed by atoms with E-state index in [-0.39, 0.29) is 30.2 Å². The number of anilines is 1. The highest BCUT2D eigenvalue weighted by Gasteiger charge is 2.71.